The van der Waals surface area contributed by atoms with Crippen molar-refractivity contribution >= 4 is 32.3 Å². The van der Waals surface area contributed by atoms with E-state index in [2.05, 4.69) is 54.6 Å². The Morgan fingerprint density at radius 3 is 2.13 bits per heavy atom. The van der Waals surface area contributed by atoms with Gasteiger partial charge in [0.25, 0.3) is 0 Å². The van der Waals surface area contributed by atoms with Crippen LogP contribution < -0.4 is 0 Å². The predicted molar refractivity (Wildman–Crippen MR) is 97.4 cm³/mol. The second-order valence-corrected chi connectivity index (χ2v) is 6.97. The third-order valence-electron chi connectivity index (χ3n) is 5.69. The van der Waals surface area contributed by atoms with E-state index in [1.807, 2.05) is 0 Å². The number of rotatable bonds is 1. The van der Waals surface area contributed by atoms with Crippen LogP contribution in [-0.4, -0.2) is 11.2 Å². The van der Waals surface area contributed by atoms with Crippen LogP contribution in [0.25, 0.3) is 32.3 Å². The van der Waals surface area contributed by atoms with Gasteiger partial charge in [0, 0.05) is 5.92 Å². The fourth-order valence-electron chi connectivity index (χ4n) is 4.56. The van der Waals surface area contributed by atoms with Crippen molar-refractivity contribution in [1.29, 1.82) is 0 Å². The molecule has 0 saturated heterocycles. The van der Waals surface area contributed by atoms with Crippen molar-refractivity contribution in [2.24, 2.45) is 0 Å². The molecule has 114 valence electrons. The Morgan fingerprint density at radius 2 is 1.35 bits per heavy atom. The van der Waals surface area contributed by atoms with Gasteiger partial charge in [0.15, 0.2) is 0 Å². The van der Waals surface area contributed by atoms with Crippen LogP contribution in [0.15, 0.2) is 54.6 Å². The number of hydrogen-bond acceptors (Lipinski definition) is 1. The molecule has 0 bridgehead atoms. The normalized spacial score (nSPS) is 22.3. The van der Waals surface area contributed by atoms with Crippen LogP contribution >= 0.6 is 0 Å². The summed E-state index contributed by atoms with van der Waals surface area (Å²) >= 11 is 0. The molecule has 1 heteroatoms. The summed E-state index contributed by atoms with van der Waals surface area (Å²) in [6, 6.07) is 20.0. The lowest BCUT2D eigenvalue weighted by atomic mass is 9.79. The Morgan fingerprint density at radius 1 is 0.696 bits per heavy atom. The van der Waals surface area contributed by atoms with E-state index in [0.717, 1.165) is 19.3 Å². The molecule has 1 aliphatic rings. The van der Waals surface area contributed by atoms with Gasteiger partial charge in [-0.05, 0) is 50.7 Å². The second kappa shape index (κ2) is 4.94. The van der Waals surface area contributed by atoms with Crippen molar-refractivity contribution in [2.45, 2.75) is 37.7 Å². The molecule has 0 aliphatic heterocycles. The topological polar surface area (TPSA) is 20.2 Å². The van der Waals surface area contributed by atoms with Crippen LogP contribution in [0.2, 0.25) is 0 Å². The largest absolute Gasteiger partial charge is 0.392 e. The summed E-state index contributed by atoms with van der Waals surface area (Å²) in [6.45, 7) is 0. The molecule has 1 N–H and O–H groups in total. The molecule has 1 nitrogen and oxygen atoms in total. The van der Waals surface area contributed by atoms with Gasteiger partial charge in [0.1, 0.15) is 0 Å². The van der Waals surface area contributed by atoms with E-state index >= 15 is 0 Å². The van der Waals surface area contributed by atoms with Gasteiger partial charge in [-0.1, -0.05) is 67.4 Å². The molecule has 5 rings (SSSR count). The van der Waals surface area contributed by atoms with Gasteiger partial charge in [-0.15, -0.1) is 0 Å². The molecular weight excluding hydrogens is 280 g/mol. The van der Waals surface area contributed by atoms with E-state index in [1.165, 1.54) is 44.3 Å². The minimum Gasteiger partial charge on any atom is -0.392 e. The van der Waals surface area contributed by atoms with E-state index < -0.39 is 0 Å². The molecule has 0 spiro atoms. The van der Waals surface area contributed by atoms with Crippen molar-refractivity contribution in [3.63, 3.8) is 0 Å². The molecule has 2 atom stereocenters. The zero-order valence-electron chi connectivity index (χ0n) is 13.1. The fraction of sp³-hybridized carbons (Fsp3) is 0.273. The zero-order chi connectivity index (χ0) is 15.4. The van der Waals surface area contributed by atoms with Crippen LogP contribution in [0.4, 0.5) is 0 Å². The van der Waals surface area contributed by atoms with Crippen LogP contribution in [0.1, 0.15) is 37.2 Å². The van der Waals surface area contributed by atoms with Crippen molar-refractivity contribution in [1.82, 2.24) is 0 Å². The van der Waals surface area contributed by atoms with Gasteiger partial charge in [0.2, 0.25) is 0 Å². The minimum absolute atomic E-state index is 0.192. The summed E-state index contributed by atoms with van der Waals surface area (Å²) in [4.78, 5) is 0. The fourth-order valence-corrected chi connectivity index (χ4v) is 4.56. The lowest BCUT2D eigenvalue weighted by Gasteiger charge is -2.29. The molecule has 0 amide bonds. The van der Waals surface area contributed by atoms with Gasteiger partial charge in [-0.2, -0.15) is 0 Å². The Bertz CT molecular complexity index is 985. The monoisotopic (exact) mass is 300 g/mol. The minimum atomic E-state index is -0.192. The van der Waals surface area contributed by atoms with E-state index in [1.54, 1.807) is 0 Å². The van der Waals surface area contributed by atoms with E-state index in [9.17, 15) is 5.11 Å². The number of benzene rings is 4. The average Bonchev–Trinajstić information content (AvgIpc) is 2.60. The molecule has 1 aliphatic carbocycles. The maximum atomic E-state index is 10.5. The molecule has 1 saturated carbocycles. The molecule has 4 aromatic carbocycles. The molecule has 0 aromatic heterocycles. The summed E-state index contributed by atoms with van der Waals surface area (Å²) in [5.41, 5.74) is 1.34. The molecule has 2 unspecified atom stereocenters. The van der Waals surface area contributed by atoms with Crippen LogP contribution in [0.3, 0.4) is 0 Å². The molecule has 0 heterocycles. The second-order valence-electron chi connectivity index (χ2n) is 6.97. The smallest absolute Gasteiger partial charge is 0.0608 e. The standard InChI is InChI=1S/C22H20O/c23-20-7-2-1-6-18(20)17-12-10-16-9-8-14-4-3-5-15-11-13-19(17)22(16)21(14)15/h3-5,8-13,18,20,23H,1-2,6-7H2. The first-order valence-electron chi connectivity index (χ1n) is 8.67. The van der Waals surface area contributed by atoms with Crippen molar-refractivity contribution in [3.05, 3.63) is 60.2 Å². The Labute approximate surface area is 135 Å². The first-order chi connectivity index (χ1) is 11.3. The molecule has 1 fully saturated rings. The third-order valence-corrected chi connectivity index (χ3v) is 5.69. The van der Waals surface area contributed by atoms with E-state index in [-0.39, 0.29) is 12.0 Å². The van der Waals surface area contributed by atoms with Crippen LogP contribution in [0.5, 0.6) is 0 Å². The Kier molecular flexibility index (Phi) is 2.86. The first-order valence-corrected chi connectivity index (χ1v) is 8.67. The summed E-state index contributed by atoms with van der Waals surface area (Å²) in [6.07, 6.45) is 4.23. The lowest BCUT2D eigenvalue weighted by molar-refractivity contribution is 0.107. The number of aliphatic hydroxyl groups is 1. The van der Waals surface area contributed by atoms with Crippen molar-refractivity contribution in [2.75, 3.05) is 0 Å². The number of hydrogen-bond donors (Lipinski definition) is 1. The summed E-state index contributed by atoms with van der Waals surface area (Å²) in [5, 5.41) is 18.5. The van der Waals surface area contributed by atoms with Gasteiger partial charge < -0.3 is 5.11 Å². The highest BCUT2D eigenvalue weighted by molar-refractivity contribution is 6.23. The lowest BCUT2D eigenvalue weighted by Crippen LogP contribution is -2.22. The highest BCUT2D eigenvalue weighted by Crippen LogP contribution is 2.41. The average molecular weight is 300 g/mol. The van der Waals surface area contributed by atoms with Crippen LogP contribution in [-0.2, 0) is 0 Å². The highest BCUT2D eigenvalue weighted by atomic mass is 16.3. The molecule has 0 radical (unpaired) electrons. The maximum Gasteiger partial charge on any atom is 0.0608 e. The Balaban J connectivity index is 1.87. The zero-order valence-corrected chi connectivity index (χ0v) is 13.1. The van der Waals surface area contributed by atoms with Gasteiger partial charge in [-0.3, -0.25) is 0 Å². The first kappa shape index (κ1) is 13.3. The van der Waals surface area contributed by atoms with Crippen molar-refractivity contribution < 1.29 is 5.11 Å². The van der Waals surface area contributed by atoms with Gasteiger partial charge in [0.05, 0.1) is 6.10 Å². The van der Waals surface area contributed by atoms with E-state index in [4.69, 9.17) is 0 Å². The maximum absolute atomic E-state index is 10.5. The molecule has 4 aromatic rings. The van der Waals surface area contributed by atoms with Gasteiger partial charge in [-0.25, -0.2) is 0 Å². The number of aliphatic hydroxyl groups excluding tert-OH is 1. The Hall–Kier alpha value is -2.12. The summed E-state index contributed by atoms with van der Waals surface area (Å²) in [5.74, 6) is 0.285. The summed E-state index contributed by atoms with van der Waals surface area (Å²) in [7, 11) is 0. The van der Waals surface area contributed by atoms with Gasteiger partial charge >= 0.3 is 0 Å². The highest BCUT2D eigenvalue weighted by Gasteiger charge is 2.26. The quantitative estimate of drug-likeness (QED) is 0.453. The van der Waals surface area contributed by atoms with E-state index in [0.29, 0.717) is 0 Å². The summed E-state index contributed by atoms with van der Waals surface area (Å²) < 4.78 is 0. The third kappa shape index (κ3) is 1.90. The van der Waals surface area contributed by atoms with Crippen molar-refractivity contribution in [3.8, 4) is 0 Å². The molecular formula is C22H20O. The SMILES string of the molecule is OC1CCCCC1c1ccc2ccc3cccc4ccc1c2c34. The predicted octanol–water partition coefficient (Wildman–Crippen LogP) is 5.60. The molecule has 23 heavy (non-hydrogen) atoms. The van der Waals surface area contributed by atoms with Crippen LogP contribution in [0, 0.1) is 0 Å².